The highest BCUT2D eigenvalue weighted by atomic mass is 16.8. The molecule has 1 aliphatic carbocycles. The molecule has 3 fully saturated rings. The summed E-state index contributed by atoms with van der Waals surface area (Å²) in [5, 5.41) is 93.7. The van der Waals surface area contributed by atoms with Gasteiger partial charge in [-0.15, -0.1) is 0 Å². The van der Waals surface area contributed by atoms with Gasteiger partial charge in [0.15, 0.2) is 12.6 Å². The molecule has 0 spiro atoms. The third-order valence-electron chi connectivity index (χ3n) is 9.95. The molecule has 19 nitrogen and oxygen atoms in total. The Morgan fingerprint density at radius 2 is 1.46 bits per heavy atom. The average Bonchev–Trinajstić information content (AvgIpc) is 3.14. The number of hydrogen-bond donors (Lipinski definition) is 8. The van der Waals surface area contributed by atoms with Crippen LogP contribution in [0.1, 0.15) is 64.7 Å². The fourth-order valence-corrected chi connectivity index (χ4v) is 6.72. The van der Waals surface area contributed by atoms with Gasteiger partial charge in [0.25, 0.3) is 5.69 Å². The standard InChI is InChI=1S/C35H53NO18/c1-18-28(42)23(40)15-27(50-18)54-34-33(52-24-14-19(16-37)29(43)32(46)30(24)44)31(45)25(17-38)53-35(34)49-13-5-4-7-21(39)6-2-3-8-26(41)51-22-11-9-20(10-12-22)36(47)48/h9-12,18-19,23-25,27-35,37-38,40,42-46H,2-8,13-17H2,1H3/t18?,19?,23-,24+,25?,27-,28-,29-,30?,31-,32-,33-,34?,35+/m0/s1. The van der Waals surface area contributed by atoms with E-state index >= 15 is 0 Å². The SMILES string of the molecule is CC1O[C@@H](OC2[C@H](OCCCCC(=O)CCCCC(=O)Oc3ccc([N+](=O)[O-])cc3)OC(CO)[C@H](O)[C@@H]2O[C@@H]2CC(CO)[C@H](O)[C@H](O)C2O)C[C@H](O)[C@H]1O. The van der Waals surface area contributed by atoms with E-state index in [0.29, 0.717) is 25.7 Å². The lowest BCUT2D eigenvalue weighted by Crippen LogP contribution is -2.65. The van der Waals surface area contributed by atoms with Crippen molar-refractivity contribution < 1.29 is 83.8 Å². The number of nitrogens with zero attached hydrogens (tertiary/aromatic N) is 1. The van der Waals surface area contributed by atoms with Crippen molar-refractivity contribution in [2.45, 2.75) is 144 Å². The summed E-state index contributed by atoms with van der Waals surface area (Å²) in [6.45, 7) is 0.356. The monoisotopic (exact) mass is 775 g/mol. The Labute approximate surface area is 311 Å². The largest absolute Gasteiger partial charge is 0.427 e. The molecule has 2 heterocycles. The topological polar surface area (TPSA) is 294 Å². The predicted molar refractivity (Wildman–Crippen MR) is 181 cm³/mol. The molecule has 1 aromatic rings. The van der Waals surface area contributed by atoms with Gasteiger partial charge in [0, 0.05) is 56.9 Å². The third-order valence-corrected chi connectivity index (χ3v) is 9.95. The smallest absolute Gasteiger partial charge is 0.311 e. The molecule has 2 aliphatic heterocycles. The highest BCUT2D eigenvalue weighted by Gasteiger charge is 2.52. The van der Waals surface area contributed by atoms with Crippen LogP contribution in [0, 0.1) is 16.0 Å². The number of unbranched alkanes of at least 4 members (excludes halogenated alkanes) is 2. The zero-order valence-electron chi connectivity index (χ0n) is 30.0. The lowest BCUT2D eigenvalue weighted by atomic mass is 9.81. The fourth-order valence-electron chi connectivity index (χ4n) is 6.72. The molecule has 19 heteroatoms. The number of hydrogen-bond acceptors (Lipinski definition) is 18. The average molecular weight is 776 g/mol. The van der Waals surface area contributed by atoms with Gasteiger partial charge in [-0.3, -0.25) is 19.7 Å². The summed E-state index contributed by atoms with van der Waals surface area (Å²) >= 11 is 0. The van der Waals surface area contributed by atoms with Crippen molar-refractivity contribution in [2.75, 3.05) is 19.8 Å². The summed E-state index contributed by atoms with van der Waals surface area (Å²) in [5.74, 6) is -1.24. The molecular weight excluding hydrogens is 722 g/mol. The molecule has 1 saturated carbocycles. The number of aliphatic hydroxyl groups is 8. The minimum absolute atomic E-state index is 0.0278. The van der Waals surface area contributed by atoms with Crippen LogP contribution in [0.15, 0.2) is 24.3 Å². The lowest BCUT2D eigenvalue weighted by Gasteiger charge is -2.48. The second-order valence-corrected chi connectivity index (χ2v) is 14.0. The van der Waals surface area contributed by atoms with Gasteiger partial charge >= 0.3 is 5.97 Å². The van der Waals surface area contributed by atoms with E-state index in [1.807, 2.05) is 0 Å². The number of non-ortho nitro benzene ring substituents is 1. The number of carbonyl (C=O) groups is 2. The number of benzene rings is 1. The van der Waals surface area contributed by atoms with Gasteiger partial charge in [-0.05, 0) is 51.2 Å². The molecule has 4 rings (SSSR count). The van der Waals surface area contributed by atoms with Crippen LogP contribution in [-0.4, -0.2) is 157 Å². The predicted octanol–water partition coefficient (Wildman–Crippen LogP) is -1.01. The third kappa shape index (κ3) is 11.9. The molecule has 0 aromatic heterocycles. The van der Waals surface area contributed by atoms with E-state index in [1.54, 1.807) is 0 Å². The molecule has 2 saturated heterocycles. The first-order chi connectivity index (χ1) is 25.7. The van der Waals surface area contributed by atoms with Crippen LogP contribution in [-0.2, 0) is 33.3 Å². The lowest BCUT2D eigenvalue weighted by molar-refractivity contribution is -0.384. The maximum Gasteiger partial charge on any atom is 0.311 e. The zero-order chi connectivity index (χ0) is 39.5. The Kier molecular flexibility index (Phi) is 17.1. The van der Waals surface area contributed by atoms with Gasteiger partial charge in [-0.25, -0.2) is 0 Å². The molecule has 5 unspecified atom stereocenters. The van der Waals surface area contributed by atoms with Crippen LogP contribution >= 0.6 is 0 Å². The van der Waals surface area contributed by atoms with Crippen LogP contribution < -0.4 is 4.74 Å². The van der Waals surface area contributed by atoms with Crippen LogP contribution in [0.5, 0.6) is 5.75 Å². The van der Waals surface area contributed by atoms with Crippen molar-refractivity contribution >= 4 is 17.4 Å². The maximum atomic E-state index is 12.5. The number of ketones is 1. The van der Waals surface area contributed by atoms with Crippen molar-refractivity contribution in [3.63, 3.8) is 0 Å². The Bertz CT molecular complexity index is 1320. The molecule has 306 valence electrons. The molecule has 8 N–H and O–H groups in total. The van der Waals surface area contributed by atoms with Gasteiger partial charge in [-0.2, -0.15) is 0 Å². The van der Waals surface area contributed by atoms with Gasteiger partial charge < -0.3 is 69.3 Å². The first kappa shape index (κ1) is 44.0. The number of nitro groups is 1. The van der Waals surface area contributed by atoms with Crippen LogP contribution in [0.4, 0.5) is 5.69 Å². The second kappa shape index (κ2) is 21.0. The van der Waals surface area contributed by atoms with Gasteiger partial charge in [0.2, 0.25) is 0 Å². The van der Waals surface area contributed by atoms with Crippen LogP contribution in [0.3, 0.4) is 0 Å². The quantitative estimate of drug-likeness (QED) is 0.0274. The number of ether oxygens (including phenoxy) is 6. The minimum Gasteiger partial charge on any atom is -0.427 e. The number of nitro benzene ring substituents is 1. The fraction of sp³-hybridized carbons (Fsp3) is 0.771. The van der Waals surface area contributed by atoms with E-state index in [4.69, 9.17) is 28.4 Å². The highest BCUT2D eigenvalue weighted by Crippen LogP contribution is 2.35. The Morgan fingerprint density at radius 1 is 0.796 bits per heavy atom. The first-order valence-corrected chi connectivity index (χ1v) is 18.2. The molecular formula is C35H53NO18. The summed E-state index contributed by atoms with van der Waals surface area (Å²) in [6.07, 6.45) is -15.3. The molecule has 1 aromatic carbocycles. The minimum atomic E-state index is -1.68. The van der Waals surface area contributed by atoms with Gasteiger partial charge in [-0.1, -0.05) is 0 Å². The van der Waals surface area contributed by atoms with Crippen molar-refractivity contribution in [2.24, 2.45) is 5.92 Å². The second-order valence-electron chi connectivity index (χ2n) is 14.0. The highest BCUT2D eigenvalue weighted by molar-refractivity contribution is 5.78. The first-order valence-electron chi connectivity index (χ1n) is 18.2. The van der Waals surface area contributed by atoms with E-state index in [1.165, 1.54) is 31.2 Å². The molecule has 14 atom stereocenters. The van der Waals surface area contributed by atoms with E-state index in [-0.39, 0.29) is 55.9 Å². The van der Waals surface area contributed by atoms with Crippen LogP contribution in [0.25, 0.3) is 0 Å². The summed E-state index contributed by atoms with van der Waals surface area (Å²) in [4.78, 5) is 34.8. The number of aliphatic hydroxyl groups excluding tert-OH is 8. The van der Waals surface area contributed by atoms with Crippen molar-refractivity contribution in [1.82, 2.24) is 0 Å². The Hall–Kier alpha value is -2.76. The summed E-state index contributed by atoms with van der Waals surface area (Å²) in [5.41, 5.74) is -0.128. The zero-order valence-corrected chi connectivity index (χ0v) is 30.0. The maximum absolute atomic E-state index is 12.5. The number of Topliss-reactive ketones (excluding diaryl/α,β-unsaturated/α-hetero) is 1. The van der Waals surface area contributed by atoms with Crippen LogP contribution in [0.2, 0.25) is 0 Å². The van der Waals surface area contributed by atoms with Crippen molar-refractivity contribution in [1.29, 1.82) is 0 Å². The Morgan fingerprint density at radius 3 is 2.09 bits per heavy atom. The van der Waals surface area contributed by atoms with E-state index in [9.17, 15) is 60.6 Å². The van der Waals surface area contributed by atoms with E-state index < -0.39 is 110 Å². The van der Waals surface area contributed by atoms with Gasteiger partial charge in [0.05, 0.1) is 35.9 Å². The molecule has 3 aliphatic rings. The van der Waals surface area contributed by atoms with Gasteiger partial charge in [0.1, 0.15) is 54.3 Å². The summed E-state index contributed by atoms with van der Waals surface area (Å²) in [6, 6.07) is 5.11. The van der Waals surface area contributed by atoms with E-state index in [2.05, 4.69) is 0 Å². The van der Waals surface area contributed by atoms with E-state index in [0.717, 1.165) is 0 Å². The summed E-state index contributed by atoms with van der Waals surface area (Å²) in [7, 11) is 0. The molecule has 0 bridgehead atoms. The van der Waals surface area contributed by atoms with Crippen molar-refractivity contribution in [3.05, 3.63) is 34.4 Å². The summed E-state index contributed by atoms with van der Waals surface area (Å²) < 4.78 is 35.0. The van der Waals surface area contributed by atoms with Crippen molar-refractivity contribution in [3.8, 4) is 5.75 Å². The normalized spacial score (nSPS) is 35.7. The Balaban J connectivity index is 1.29. The number of rotatable bonds is 19. The molecule has 0 radical (unpaired) electrons. The molecule has 0 amide bonds. The molecule has 54 heavy (non-hydrogen) atoms. The number of esters is 1. The number of carbonyl (C=O) groups excluding carboxylic acids is 2.